The highest BCUT2D eigenvalue weighted by molar-refractivity contribution is 4.79. The van der Waals surface area contributed by atoms with E-state index in [0.29, 0.717) is 5.89 Å². The molecule has 3 nitrogen and oxygen atoms in total. The molecule has 0 aliphatic heterocycles. The summed E-state index contributed by atoms with van der Waals surface area (Å²) >= 11 is 0. The van der Waals surface area contributed by atoms with Gasteiger partial charge >= 0.3 is 5.63 Å². The lowest BCUT2D eigenvalue weighted by atomic mass is 10.7. The maximum atomic E-state index is 10.3. The minimum absolute atomic E-state index is 0. The Morgan fingerprint density at radius 1 is 1.45 bits per heavy atom. The Kier molecular flexibility index (Phi) is 7.98. The van der Waals surface area contributed by atoms with Gasteiger partial charge < -0.3 is 4.42 Å². The fourth-order valence-electron chi connectivity index (χ4n) is 0.409. The van der Waals surface area contributed by atoms with Crippen molar-refractivity contribution in [1.82, 2.24) is 4.98 Å². The average molecular weight is 157 g/mol. The number of aryl methyl sites for hydroxylation is 1. The molecule has 0 spiro atoms. The summed E-state index contributed by atoms with van der Waals surface area (Å²) in [7, 11) is 0. The number of hydrogen-bond acceptors (Lipinski definition) is 3. The van der Waals surface area contributed by atoms with Crippen LogP contribution < -0.4 is 5.63 Å². The minimum atomic E-state index is -0.350. The van der Waals surface area contributed by atoms with Crippen LogP contribution in [0.15, 0.2) is 21.5 Å². The van der Waals surface area contributed by atoms with Crippen LogP contribution in [0.1, 0.15) is 27.2 Å². The van der Waals surface area contributed by atoms with E-state index in [1.54, 1.807) is 6.92 Å². The molecule has 0 aliphatic carbocycles. The standard InChI is InChI=1S/C5H5NO2.C2H6.CH4/c1-4-6-3-2-5(7)8-4;1-2;/h2-3H,1H3;1-2H3;1H4. The highest BCUT2D eigenvalue weighted by Gasteiger charge is 1.83. The third-order valence-corrected chi connectivity index (χ3v) is 0.715. The van der Waals surface area contributed by atoms with Crippen LogP contribution in [0.25, 0.3) is 0 Å². The summed E-state index contributed by atoms with van der Waals surface area (Å²) in [6.07, 6.45) is 1.42. The van der Waals surface area contributed by atoms with E-state index in [4.69, 9.17) is 0 Å². The van der Waals surface area contributed by atoms with Crippen LogP contribution in [0.4, 0.5) is 0 Å². The van der Waals surface area contributed by atoms with Crippen molar-refractivity contribution in [3.05, 3.63) is 28.6 Å². The molecule has 0 fully saturated rings. The molecule has 1 aromatic rings. The highest BCUT2D eigenvalue weighted by atomic mass is 16.4. The molecule has 0 aliphatic rings. The summed E-state index contributed by atoms with van der Waals surface area (Å²) in [5.74, 6) is 0.400. The second kappa shape index (κ2) is 6.99. The van der Waals surface area contributed by atoms with Gasteiger partial charge in [0.1, 0.15) is 0 Å². The van der Waals surface area contributed by atoms with E-state index in [0.717, 1.165) is 0 Å². The number of rotatable bonds is 0. The minimum Gasteiger partial charge on any atom is -0.409 e. The van der Waals surface area contributed by atoms with E-state index in [1.807, 2.05) is 13.8 Å². The van der Waals surface area contributed by atoms with Crippen molar-refractivity contribution in [2.75, 3.05) is 0 Å². The van der Waals surface area contributed by atoms with Gasteiger partial charge in [0, 0.05) is 19.2 Å². The topological polar surface area (TPSA) is 43.1 Å². The number of aromatic nitrogens is 1. The SMILES string of the molecule is C.CC.Cc1nccc(=O)o1. The van der Waals surface area contributed by atoms with Gasteiger partial charge in [-0.3, -0.25) is 0 Å². The van der Waals surface area contributed by atoms with Gasteiger partial charge in [-0.15, -0.1) is 0 Å². The lowest BCUT2D eigenvalue weighted by Gasteiger charge is -1.82. The molecule has 0 unspecified atom stereocenters. The smallest absolute Gasteiger partial charge is 0.338 e. The van der Waals surface area contributed by atoms with Crippen LogP contribution in [-0.4, -0.2) is 4.98 Å². The Morgan fingerprint density at radius 2 is 2.00 bits per heavy atom. The summed E-state index contributed by atoms with van der Waals surface area (Å²) in [5.41, 5.74) is -0.350. The fourth-order valence-corrected chi connectivity index (χ4v) is 0.409. The molecule has 0 bridgehead atoms. The quantitative estimate of drug-likeness (QED) is 0.578. The van der Waals surface area contributed by atoms with Crippen LogP contribution in [0.5, 0.6) is 0 Å². The van der Waals surface area contributed by atoms with Crippen molar-refractivity contribution in [2.24, 2.45) is 0 Å². The normalized spacial score (nSPS) is 7.18. The van der Waals surface area contributed by atoms with Gasteiger partial charge in [0.25, 0.3) is 0 Å². The zero-order chi connectivity index (χ0) is 7.98. The molecule has 0 radical (unpaired) electrons. The fraction of sp³-hybridized carbons (Fsp3) is 0.500. The molecule has 64 valence electrons. The third kappa shape index (κ3) is 5.33. The zero-order valence-corrected chi connectivity index (χ0v) is 6.42. The van der Waals surface area contributed by atoms with Gasteiger partial charge in [-0.25, -0.2) is 9.78 Å². The number of hydrogen-bond donors (Lipinski definition) is 0. The predicted octanol–water partition coefficient (Wildman–Crippen LogP) is 2.01. The molecular weight excluding hydrogens is 142 g/mol. The summed E-state index contributed by atoms with van der Waals surface area (Å²) in [5, 5.41) is 0. The Morgan fingerprint density at radius 3 is 2.27 bits per heavy atom. The average Bonchev–Trinajstić information content (AvgIpc) is 1.91. The van der Waals surface area contributed by atoms with Crippen molar-refractivity contribution in [1.29, 1.82) is 0 Å². The van der Waals surface area contributed by atoms with E-state index in [-0.39, 0.29) is 13.1 Å². The molecule has 0 N–H and O–H groups in total. The molecule has 1 aromatic heterocycles. The molecule has 0 aromatic carbocycles. The van der Waals surface area contributed by atoms with Crippen LogP contribution in [0.3, 0.4) is 0 Å². The highest BCUT2D eigenvalue weighted by Crippen LogP contribution is 1.79. The van der Waals surface area contributed by atoms with Crippen LogP contribution in [0.2, 0.25) is 0 Å². The first-order chi connectivity index (χ1) is 4.79. The van der Waals surface area contributed by atoms with Gasteiger partial charge in [-0.2, -0.15) is 0 Å². The van der Waals surface area contributed by atoms with E-state index in [9.17, 15) is 4.79 Å². The van der Waals surface area contributed by atoms with E-state index in [2.05, 4.69) is 9.40 Å². The molecule has 1 rings (SSSR count). The molecule has 0 amide bonds. The maximum Gasteiger partial charge on any atom is 0.338 e. The first-order valence-corrected chi connectivity index (χ1v) is 3.22. The second-order valence-corrected chi connectivity index (χ2v) is 1.38. The molecule has 0 saturated heterocycles. The summed E-state index contributed by atoms with van der Waals surface area (Å²) in [6.45, 7) is 5.63. The molecular formula is C8H15NO2. The summed E-state index contributed by atoms with van der Waals surface area (Å²) in [4.78, 5) is 14.0. The van der Waals surface area contributed by atoms with Gasteiger partial charge in [0.15, 0.2) is 5.89 Å². The molecule has 11 heavy (non-hydrogen) atoms. The van der Waals surface area contributed by atoms with E-state index >= 15 is 0 Å². The van der Waals surface area contributed by atoms with Gasteiger partial charge in [-0.1, -0.05) is 21.3 Å². The van der Waals surface area contributed by atoms with Crippen molar-refractivity contribution in [3.63, 3.8) is 0 Å². The molecule has 1 heterocycles. The Labute approximate surface area is 67.1 Å². The van der Waals surface area contributed by atoms with Crippen LogP contribution >= 0.6 is 0 Å². The predicted molar refractivity (Wildman–Crippen MR) is 45.6 cm³/mol. The number of nitrogens with zero attached hydrogens (tertiary/aromatic N) is 1. The monoisotopic (exact) mass is 157 g/mol. The molecule has 0 atom stereocenters. The third-order valence-electron chi connectivity index (χ3n) is 0.715. The molecule has 0 saturated carbocycles. The lowest BCUT2D eigenvalue weighted by molar-refractivity contribution is 0.456. The van der Waals surface area contributed by atoms with Crippen molar-refractivity contribution < 1.29 is 4.42 Å². The maximum absolute atomic E-state index is 10.3. The van der Waals surface area contributed by atoms with Crippen LogP contribution in [-0.2, 0) is 0 Å². The van der Waals surface area contributed by atoms with Gasteiger partial charge in [-0.05, 0) is 0 Å². The first-order valence-electron chi connectivity index (χ1n) is 3.22. The zero-order valence-electron chi connectivity index (χ0n) is 6.42. The van der Waals surface area contributed by atoms with Gasteiger partial charge in [0.05, 0.1) is 0 Å². The summed E-state index contributed by atoms with van der Waals surface area (Å²) in [6, 6.07) is 1.27. The Hall–Kier alpha value is -1.12. The summed E-state index contributed by atoms with van der Waals surface area (Å²) < 4.78 is 4.51. The largest absolute Gasteiger partial charge is 0.409 e. The van der Waals surface area contributed by atoms with E-state index in [1.165, 1.54) is 12.3 Å². The first kappa shape index (κ1) is 12.5. The van der Waals surface area contributed by atoms with Gasteiger partial charge in [0.2, 0.25) is 0 Å². The molecule has 3 heteroatoms. The van der Waals surface area contributed by atoms with E-state index < -0.39 is 0 Å². The van der Waals surface area contributed by atoms with Crippen molar-refractivity contribution >= 4 is 0 Å². The van der Waals surface area contributed by atoms with Crippen LogP contribution in [0, 0.1) is 6.92 Å². The Balaban J connectivity index is 0. The van der Waals surface area contributed by atoms with Crippen molar-refractivity contribution in [3.8, 4) is 0 Å². The second-order valence-electron chi connectivity index (χ2n) is 1.38. The lowest BCUT2D eigenvalue weighted by Crippen LogP contribution is -1.96. The van der Waals surface area contributed by atoms with Crippen molar-refractivity contribution in [2.45, 2.75) is 28.2 Å². The Bertz CT molecular complexity index is 230.